The summed E-state index contributed by atoms with van der Waals surface area (Å²) in [5, 5.41) is 0. The van der Waals surface area contributed by atoms with E-state index < -0.39 is 20.8 Å². The smallest absolute Gasteiger partial charge is 0.726 e. The van der Waals surface area contributed by atoms with E-state index >= 15 is 0 Å². The van der Waals surface area contributed by atoms with Crippen molar-refractivity contribution in [1.29, 1.82) is 0 Å². The van der Waals surface area contributed by atoms with Crippen LogP contribution in [0.3, 0.4) is 0 Å². The molecule has 0 aliphatic heterocycles. The molecule has 8 nitrogen and oxygen atoms in total. The van der Waals surface area contributed by atoms with Crippen LogP contribution in [0.2, 0.25) is 0 Å². The monoisotopic (exact) mass is 538 g/mol. The first-order valence-electron chi connectivity index (χ1n) is 11.3. The fraction of sp³-hybridized carbons (Fsp3) is 1.00. The van der Waals surface area contributed by atoms with Crippen LogP contribution in [0.4, 0.5) is 0 Å². The molecule has 0 saturated carbocycles. The van der Waals surface area contributed by atoms with Crippen molar-refractivity contribution in [1.82, 2.24) is 0 Å². The van der Waals surface area contributed by atoms with Crippen LogP contribution in [0.15, 0.2) is 0 Å². The minimum Gasteiger partial charge on any atom is -0.726 e. The van der Waals surface area contributed by atoms with Crippen molar-refractivity contribution in [2.45, 2.75) is 117 Å². The predicted octanol–water partition coefficient (Wildman–Crippen LogP) is 5.21. The standard InChI is InChI=1S/2C10H22O4S.Zn/c2*1-2-3-4-5-6-7-8-9-10-14-15(11,12)13;/h2*2-10H2,1H3,(H,11,12,13);/q;;+2/p-2. The van der Waals surface area contributed by atoms with Crippen LogP contribution < -0.4 is 0 Å². The third-order valence-corrected chi connectivity index (χ3v) is 5.36. The summed E-state index contributed by atoms with van der Waals surface area (Å²) in [6.45, 7) is 4.42. The maximum atomic E-state index is 10.1. The number of hydrogen-bond acceptors (Lipinski definition) is 8. The first-order valence-corrected chi connectivity index (χ1v) is 14.0. The fourth-order valence-corrected chi connectivity index (χ4v) is 3.44. The van der Waals surface area contributed by atoms with Crippen LogP contribution in [0, 0.1) is 0 Å². The van der Waals surface area contributed by atoms with Gasteiger partial charge in [-0.3, -0.25) is 8.37 Å². The van der Waals surface area contributed by atoms with Crippen molar-refractivity contribution >= 4 is 20.8 Å². The van der Waals surface area contributed by atoms with Crippen molar-refractivity contribution in [3.63, 3.8) is 0 Å². The van der Waals surface area contributed by atoms with Crippen LogP contribution in [-0.4, -0.2) is 39.2 Å². The number of unbranched alkanes of at least 4 members (excludes halogenated alkanes) is 14. The van der Waals surface area contributed by atoms with E-state index in [9.17, 15) is 25.9 Å². The second-order valence-corrected chi connectivity index (χ2v) is 9.51. The molecule has 0 fully saturated rings. The Labute approximate surface area is 203 Å². The van der Waals surface area contributed by atoms with E-state index in [2.05, 4.69) is 22.2 Å². The fourth-order valence-electron chi connectivity index (χ4n) is 2.79. The van der Waals surface area contributed by atoms with Crippen LogP contribution in [0.25, 0.3) is 0 Å². The van der Waals surface area contributed by atoms with E-state index in [1.165, 1.54) is 64.2 Å². The van der Waals surface area contributed by atoms with E-state index in [-0.39, 0.29) is 32.7 Å². The van der Waals surface area contributed by atoms with Crippen LogP contribution >= 0.6 is 0 Å². The Balaban J connectivity index is -0.000000490. The third kappa shape index (κ3) is 41.2. The van der Waals surface area contributed by atoms with Gasteiger partial charge in [0.05, 0.1) is 13.2 Å². The summed E-state index contributed by atoms with van der Waals surface area (Å²) in [6, 6.07) is 0. The van der Waals surface area contributed by atoms with Gasteiger partial charge in [0, 0.05) is 0 Å². The van der Waals surface area contributed by atoms with E-state index in [1.807, 2.05) is 0 Å². The molecule has 31 heavy (non-hydrogen) atoms. The van der Waals surface area contributed by atoms with Crippen LogP contribution in [0.5, 0.6) is 0 Å². The predicted molar refractivity (Wildman–Crippen MR) is 117 cm³/mol. The minimum absolute atomic E-state index is 0. The molecule has 0 bridgehead atoms. The van der Waals surface area contributed by atoms with Gasteiger partial charge in [-0.1, -0.05) is 104 Å². The van der Waals surface area contributed by atoms with Gasteiger partial charge in [0.15, 0.2) is 0 Å². The Morgan fingerprint density at radius 2 is 0.710 bits per heavy atom. The minimum atomic E-state index is -4.48. The molecule has 0 aromatic heterocycles. The second-order valence-electron chi connectivity index (χ2n) is 7.41. The zero-order chi connectivity index (χ0) is 23.1. The van der Waals surface area contributed by atoms with Gasteiger partial charge in [-0.05, 0) is 12.8 Å². The van der Waals surface area contributed by atoms with Crippen LogP contribution in [0.1, 0.15) is 117 Å². The van der Waals surface area contributed by atoms with E-state index in [1.54, 1.807) is 0 Å². The first-order chi connectivity index (χ1) is 14.1. The number of rotatable bonds is 20. The summed E-state index contributed by atoms with van der Waals surface area (Å²) in [5.74, 6) is 0. The topological polar surface area (TPSA) is 133 Å². The van der Waals surface area contributed by atoms with Gasteiger partial charge in [-0.15, -0.1) is 0 Å². The molecular formula is C20H42O8S2Zn. The van der Waals surface area contributed by atoms with E-state index in [0.717, 1.165) is 25.7 Å². The maximum Gasteiger partial charge on any atom is 2.00 e. The average Bonchev–Trinajstić information content (AvgIpc) is 2.64. The van der Waals surface area contributed by atoms with Crippen molar-refractivity contribution in [3.05, 3.63) is 0 Å². The molecule has 0 aliphatic rings. The molecule has 0 radical (unpaired) electrons. The Hall–Kier alpha value is 0.363. The molecule has 0 heterocycles. The van der Waals surface area contributed by atoms with Crippen molar-refractivity contribution in [2.75, 3.05) is 13.2 Å². The summed E-state index contributed by atoms with van der Waals surface area (Å²) in [6.07, 6.45) is 17.8. The van der Waals surface area contributed by atoms with Gasteiger partial charge in [0.1, 0.15) is 0 Å². The number of hydrogen-bond donors (Lipinski definition) is 0. The van der Waals surface area contributed by atoms with Gasteiger partial charge in [-0.2, -0.15) is 0 Å². The Morgan fingerprint density at radius 1 is 0.484 bits per heavy atom. The van der Waals surface area contributed by atoms with Crippen LogP contribution in [-0.2, 0) is 48.6 Å². The molecule has 0 rings (SSSR count). The van der Waals surface area contributed by atoms with Crippen molar-refractivity contribution in [2.24, 2.45) is 0 Å². The molecular weight excluding hydrogens is 498 g/mol. The maximum absolute atomic E-state index is 10.1. The Morgan fingerprint density at radius 3 is 0.935 bits per heavy atom. The molecule has 0 atom stereocenters. The molecule has 11 heteroatoms. The van der Waals surface area contributed by atoms with Gasteiger partial charge in [-0.25, -0.2) is 16.8 Å². The molecule has 0 N–H and O–H groups in total. The van der Waals surface area contributed by atoms with Crippen molar-refractivity contribution < 1.29 is 53.8 Å². The molecule has 0 amide bonds. The molecule has 0 aliphatic carbocycles. The molecule has 0 aromatic rings. The van der Waals surface area contributed by atoms with E-state index in [4.69, 9.17) is 0 Å². The molecule has 184 valence electrons. The van der Waals surface area contributed by atoms with E-state index in [0.29, 0.717) is 12.8 Å². The zero-order valence-electron chi connectivity index (χ0n) is 19.5. The molecule has 0 spiro atoms. The largest absolute Gasteiger partial charge is 2.00 e. The molecule has 0 saturated heterocycles. The summed E-state index contributed by atoms with van der Waals surface area (Å²) in [7, 11) is -8.96. The SMILES string of the molecule is CCCCCCCCCCOS(=O)(=O)[O-].CCCCCCCCCCOS(=O)(=O)[O-].[Zn+2]. The normalized spacial score (nSPS) is 11.5. The zero-order valence-corrected chi connectivity index (χ0v) is 24.1. The van der Waals surface area contributed by atoms with Gasteiger partial charge in [0.25, 0.3) is 0 Å². The molecule has 0 aromatic carbocycles. The average molecular weight is 540 g/mol. The summed E-state index contributed by atoms with van der Waals surface area (Å²) >= 11 is 0. The summed E-state index contributed by atoms with van der Waals surface area (Å²) in [4.78, 5) is 0. The van der Waals surface area contributed by atoms with Gasteiger partial charge < -0.3 is 9.11 Å². The first kappa shape index (κ1) is 35.9. The molecule has 0 unspecified atom stereocenters. The Kier molecular flexibility index (Phi) is 29.0. The third-order valence-electron chi connectivity index (χ3n) is 4.45. The quantitative estimate of drug-likeness (QED) is 0.0891. The van der Waals surface area contributed by atoms with Gasteiger partial charge in [0.2, 0.25) is 20.8 Å². The summed E-state index contributed by atoms with van der Waals surface area (Å²) < 4.78 is 68.5. The summed E-state index contributed by atoms with van der Waals surface area (Å²) in [5.41, 5.74) is 0. The Bertz CT molecular complexity index is 504. The van der Waals surface area contributed by atoms with Gasteiger partial charge >= 0.3 is 19.5 Å². The second kappa shape index (κ2) is 25.0. The van der Waals surface area contributed by atoms with Crippen molar-refractivity contribution in [3.8, 4) is 0 Å².